The quantitative estimate of drug-likeness (QED) is 0.351. The molecule has 0 saturated heterocycles. The Morgan fingerprint density at radius 2 is 1.78 bits per heavy atom. The molecule has 0 radical (unpaired) electrons. The first-order valence-electron chi connectivity index (χ1n) is 9.72. The van der Waals surface area contributed by atoms with E-state index < -0.39 is 63.1 Å². The maximum absolute atomic E-state index is 14.9. The fraction of sp³-hybridized carbons (Fsp3) is 0.0952. The Balaban J connectivity index is 1.55. The number of nitrogens with one attached hydrogen (secondary N) is 2. The Morgan fingerprint density at radius 3 is 2.39 bits per heavy atom. The van der Waals surface area contributed by atoms with Crippen molar-refractivity contribution in [2.75, 3.05) is 10.2 Å². The van der Waals surface area contributed by atoms with Gasteiger partial charge in [-0.1, -0.05) is 17.7 Å². The zero-order valence-corrected chi connectivity index (χ0v) is 19.9. The number of carbonyl (C=O) groups excluding carboxylic acids is 3. The number of urea groups is 1. The maximum Gasteiger partial charge on any atom is 0.416 e. The second kappa shape index (κ2) is 9.19. The molecule has 0 saturated carbocycles. The molecule has 0 aliphatic carbocycles. The van der Waals surface area contributed by atoms with Crippen LogP contribution in [0.3, 0.4) is 0 Å². The van der Waals surface area contributed by atoms with Gasteiger partial charge in [-0.15, -0.1) is 11.3 Å². The van der Waals surface area contributed by atoms with E-state index >= 15 is 0 Å². The Bertz CT molecular complexity index is 1520. The molecule has 188 valence electrons. The van der Waals surface area contributed by atoms with E-state index in [1.54, 1.807) is 4.72 Å². The van der Waals surface area contributed by atoms with E-state index in [2.05, 4.69) is 5.32 Å². The number of hydrogen-bond donors (Lipinski definition) is 2. The average Bonchev–Trinajstić information content (AvgIpc) is 3.21. The molecule has 0 atom stereocenters. The standard InChI is InChI=1S/C21H12ClF4N3O5S2/c22-16-5-6-18(35-16)36(33,34)28-20(32)27-12-3-4-15(14(23)9-12)29-17(30)7-10-1-2-11(21(24,25)26)8-13(10)19(29)31/h1-6,8-9H,7H2,(H2,27,28,32). The van der Waals surface area contributed by atoms with E-state index in [1.165, 1.54) is 12.1 Å². The second-order valence-corrected chi connectivity index (χ2v) is 11.0. The fourth-order valence-electron chi connectivity index (χ4n) is 3.36. The first kappa shape index (κ1) is 25.6. The molecule has 0 fully saturated rings. The van der Waals surface area contributed by atoms with E-state index in [9.17, 15) is 40.4 Å². The van der Waals surface area contributed by atoms with Crippen LogP contribution in [0.1, 0.15) is 21.5 Å². The van der Waals surface area contributed by atoms with Gasteiger partial charge < -0.3 is 5.32 Å². The third kappa shape index (κ3) is 5.05. The fourth-order valence-corrected chi connectivity index (χ4v) is 5.75. The predicted octanol–water partition coefficient (Wildman–Crippen LogP) is 4.80. The molecule has 36 heavy (non-hydrogen) atoms. The molecule has 4 amide bonds. The lowest BCUT2D eigenvalue weighted by atomic mass is 9.95. The number of alkyl halides is 3. The smallest absolute Gasteiger partial charge is 0.307 e. The lowest BCUT2D eigenvalue weighted by Crippen LogP contribution is -2.43. The summed E-state index contributed by atoms with van der Waals surface area (Å²) in [7, 11) is -4.25. The molecule has 0 spiro atoms. The number of sulfonamides is 1. The number of nitrogens with zero attached hydrogens (tertiary/aromatic N) is 1. The molecular weight excluding hydrogens is 550 g/mol. The van der Waals surface area contributed by atoms with Crippen molar-refractivity contribution in [1.29, 1.82) is 0 Å². The number of anilines is 2. The van der Waals surface area contributed by atoms with Gasteiger partial charge in [0.1, 0.15) is 10.0 Å². The molecular formula is C21H12ClF4N3O5S2. The van der Waals surface area contributed by atoms with Crippen molar-refractivity contribution >= 4 is 62.2 Å². The Labute approximate surface area is 209 Å². The molecule has 0 unspecified atom stereocenters. The van der Waals surface area contributed by atoms with Crippen LogP contribution in [0.15, 0.2) is 52.7 Å². The monoisotopic (exact) mass is 561 g/mol. The van der Waals surface area contributed by atoms with Gasteiger partial charge in [0.25, 0.3) is 15.9 Å². The van der Waals surface area contributed by atoms with E-state index in [4.69, 9.17) is 11.6 Å². The summed E-state index contributed by atoms with van der Waals surface area (Å²) < 4.78 is 80.1. The van der Waals surface area contributed by atoms with Crippen LogP contribution >= 0.6 is 22.9 Å². The van der Waals surface area contributed by atoms with Gasteiger partial charge in [0, 0.05) is 11.3 Å². The molecule has 2 heterocycles. The van der Waals surface area contributed by atoms with E-state index in [1.807, 2.05) is 0 Å². The van der Waals surface area contributed by atoms with Gasteiger partial charge in [-0.2, -0.15) is 13.2 Å². The summed E-state index contributed by atoms with van der Waals surface area (Å²) >= 11 is 6.39. The molecule has 15 heteroatoms. The van der Waals surface area contributed by atoms with E-state index in [0.29, 0.717) is 28.4 Å². The number of fused-ring (bicyclic) bond motifs is 1. The highest BCUT2D eigenvalue weighted by atomic mass is 35.5. The van der Waals surface area contributed by atoms with Gasteiger partial charge in [0.05, 0.1) is 22.0 Å². The van der Waals surface area contributed by atoms with Crippen LogP contribution in [-0.4, -0.2) is 26.3 Å². The van der Waals surface area contributed by atoms with Crippen molar-refractivity contribution in [1.82, 2.24) is 4.72 Å². The minimum atomic E-state index is -4.73. The summed E-state index contributed by atoms with van der Waals surface area (Å²) in [5.74, 6) is -3.19. The maximum atomic E-state index is 14.9. The number of halogens is 5. The summed E-state index contributed by atoms with van der Waals surface area (Å²) in [6, 6.07) is 6.37. The highest BCUT2D eigenvalue weighted by Crippen LogP contribution is 2.34. The van der Waals surface area contributed by atoms with Gasteiger partial charge in [0.15, 0.2) is 0 Å². The summed E-state index contributed by atoms with van der Waals surface area (Å²) in [6.45, 7) is 0. The Kier molecular flexibility index (Phi) is 6.53. The highest BCUT2D eigenvalue weighted by Gasteiger charge is 2.37. The van der Waals surface area contributed by atoms with Crippen molar-refractivity contribution in [2.24, 2.45) is 0 Å². The number of imide groups is 1. The van der Waals surface area contributed by atoms with Crippen LogP contribution in [0.5, 0.6) is 0 Å². The molecule has 8 nitrogen and oxygen atoms in total. The normalized spacial score (nSPS) is 14.0. The van der Waals surface area contributed by atoms with Gasteiger partial charge >= 0.3 is 12.2 Å². The van der Waals surface area contributed by atoms with Crippen LogP contribution in [-0.2, 0) is 27.4 Å². The SMILES string of the molecule is O=C(Nc1ccc(N2C(=O)Cc3ccc(C(F)(F)F)cc3C2=O)c(F)c1)NS(=O)(=O)c1ccc(Cl)s1. The lowest BCUT2D eigenvalue weighted by molar-refractivity contribution is -0.137. The summed E-state index contributed by atoms with van der Waals surface area (Å²) in [5, 5.41) is 2.10. The van der Waals surface area contributed by atoms with Crippen molar-refractivity contribution in [3.05, 3.63) is 75.4 Å². The molecule has 4 rings (SSSR count). The molecule has 1 aromatic heterocycles. The number of hydrogen-bond acceptors (Lipinski definition) is 6. The largest absolute Gasteiger partial charge is 0.416 e. The molecule has 0 bridgehead atoms. The van der Waals surface area contributed by atoms with E-state index in [-0.39, 0.29) is 19.8 Å². The van der Waals surface area contributed by atoms with Crippen molar-refractivity contribution in [3.63, 3.8) is 0 Å². The van der Waals surface area contributed by atoms with Crippen molar-refractivity contribution in [3.8, 4) is 0 Å². The van der Waals surface area contributed by atoms with Gasteiger partial charge in [0.2, 0.25) is 5.91 Å². The van der Waals surface area contributed by atoms with Crippen molar-refractivity contribution < 1.29 is 40.4 Å². The van der Waals surface area contributed by atoms with Crippen LogP contribution in [0.25, 0.3) is 0 Å². The Morgan fingerprint density at radius 1 is 1.06 bits per heavy atom. The number of amides is 4. The third-order valence-corrected chi connectivity index (χ3v) is 8.00. The van der Waals surface area contributed by atoms with Gasteiger partial charge in [-0.05, 0) is 48.0 Å². The van der Waals surface area contributed by atoms with Crippen LogP contribution < -0.4 is 14.9 Å². The summed E-state index contributed by atoms with van der Waals surface area (Å²) in [4.78, 5) is 37.9. The van der Waals surface area contributed by atoms with E-state index in [0.717, 1.165) is 24.3 Å². The van der Waals surface area contributed by atoms with Gasteiger partial charge in [-0.25, -0.2) is 27.2 Å². The van der Waals surface area contributed by atoms with Gasteiger partial charge in [-0.3, -0.25) is 9.59 Å². The predicted molar refractivity (Wildman–Crippen MR) is 122 cm³/mol. The lowest BCUT2D eigenvalue weighted by Gasteiger charge is -2.27. The summed E-state index contributed by atoms with van der Waals surface area (Å²) in [5.41, 5.74) is -2.22. The zero-order chi connectivity index (χ0) is 26.4. The summed E-state index contributed by atoms with van der Waals surface area (Å²) in [6.07, 6.45) is -5.17. The topological polar surface area (TPSA) is 113 Å². The van der Waals surface area contributed by atoms with Crippen LogP contribution in [0.2, 0.25) is 4.34 Å². The Hall–Kier alpha value is -3.49. The molecule has 2 aromatic carbocycles. The number of rotatable bonds is 4. The first-order valence-corrected chi connectivity index (χ1v) is 12.4. The number of carbonyl (C=O) groups is 3. The minimum absolute atomic E-state index is 0.0675. The number of thiophene rings is 1. The molecule has 1 aliphatic rings. The number of benzene rings is 2. The van der Waals surface area contributed by atoms with Crippen molar-refractivity contribution in [2.45, 2.75) is 16.8 Å². The highest BCUT2D eigenvalue weighted by molar-refractivity contribution is 7.92. The first-order chi connectivity index (χ1) is 16.8. The van der Waals surface area contributed by atoms with Crippen LogP contribution in [0, 0.1) is 5.82 Å². The third-order valence-electron chi connectivity index (χ3n) is 4.95. The molecule has 1 aliphatic heterocycles. The minimum Gasteiger partial charge on any atom is -0.307 e. The second-order valence-electron chi connectivity index (χ2n) is 7.37. The molecule has 2 N–H and O–H groups in total. The van der Waals surface area contributed by atoms with Crippen LogP contribution in [0.4, 0.5) is 33.7 Å². The average molecular weight is 562 g/mol. The zero-order valence-electron chi connectivity index (χ0n) is 17.5. The molecule has 3 aromatic rings.